The molecule has 0 bridgehead atoms. The second kappa shape index (κ2) is 6.46. The Balaban J connectivity index is 2.48. The minimum Gasteiger partial charge on any atom is -0.393 e. The molecule has 0 saturated carbocycles. The van der Waals surface area contributed by atoms with Crippen LogP contribution >= 0.6 is 0 Å². The standard InChI is InChI=1S/C12H25NO2/c1-10(9-15-3)13-7-5-4-6-12(13)8-11(2)14/h10-12,14H,4-9H2,1-3H3. The van der Waals surface area contributed by atoms with Gasteiger partial charge in [0.1, 0.15) is 0 Å². The predicted octanol–water partition coefficient (Wildman–Crippen LogP) is 1.65. The Bertz CT molecular complexity index is 173. The maximum atomic E-state index is 9.48. The number of nitrogens with zero attached hydrogens (tertiary/aromatic N) is 1. The van der Waals surface area contributed by atoms with Gasteiger partial charge in [0, 0.05) is 19.2 Å². The van der Waals surface area contributed by atoms with Gasteiger partial charge in [0.2, 0.25) is 0 Å². The molecule has 0 aliphatic carbocycles. The molecule has 3 nitrogen and oxygen atoms in total. The molecule has 3 heteroatoms. The molecule has 90 valence electrons. The quantitative estimate of drug-likeness (QED) is 0.757. The minimum absolute atomic E-state index is 0.189. The molecular formula is C12H25NO2. The minimum atomic E-state index is -0.189. The summed E-state index contributed by atoms with van der Waals surface area (Å²) in [5.41, 5.74) is 0. The lowest BCUT2D eigenvalue weighted by atomic mass is 9.96. The van der Waals surface area contributed by atoms with E-state index in [1.807, 2.05) is 6.92 Å². The fourth-order valence-corrected chi connectivity index (χ4v) is 2.59. The average Bonchev–Trinajstić information content (AvgIpc) is 2.18. The van der Waals surface area contributed by atoms with E-state index in [4.69, 9.17) is 4.74 Å². The van der Waals surface area contributed by atoms with Gasteiger partial charge < -0.3 is 9.84 Å². The highest BCUT2D eigenvalue weighted by molar-refractivity contribution is 4.82. The van der Waals surface area contributed by atoms with Crippen molar-refractivity contribution in [2.75, 3.05) is 20.3 Å². The molecule has 0 aromatic rings. The van der Waals surface area contributed by atoms with E-state index in [1.54, 1.807) is 7.11 Å². The van der Waals surface area contributed by atoms with Gasteiger partial charge in [-0.2, -0.15) is 0 Å². The molecule has 3 atom stereocenters. The summed E-state index contributed by atoms with van der Waals surface area (Å²) in [5, 5.41) is 9.48. The van der Waals surface area contributed by atoms with Crippen LogP contribution in [0.5, 0.6) is 0 Å². The zero-order chi connectivity index (χ0) is 11.3. The third-order valence-electron chi connectivity index (χ3n) is 3.26. The summed E-state index contributed by atoms with van der Waals surface area (Å²) in [5.74, 6) is 0. The van der Waals surface area contributed by atoms with Gasteiger partial charge in [-0.05, 0) is 39.7 Å². The van der Waals surface area contributed by atoms with Crippen LogP contribution < -0.4 is 0 Å². The third-order valence-corrected chi connectivity index (χ3v) is 3.26. The van der Waals surface area contributed by atoms with Gasteiger partial charge >= 0.3 is 0 Å². The number of ether oxygens (including phenoxy) is 1. The Hall–Kier alpha value is -0.120. The van der Waals surface area contributed by atoms with Gasteiger partial charge in [0.25, 0.3) is 0 Å². The molecular weight excluding hydrogens is 190 g/mol. The van der Waals surface area contributed by atoms with Crippen LogP contribution in [0.2, 0.25) is 0 Å². The van der Waals surface area contributed by atoms with Crippen molar-refractivity contribution in [3.8, 4) is 0 Å². The van der Waals surface area contributed by atoms with Crippen LogP contribution in [0.1, 0.15) is 39.5 Å². The number of hydrogen-bond acceptors (Lipinski definition) is 3. The fraction of sp³-hybridized carbons (Fsp3) is 1.00. The molecule has 1 N–H and O–H groups in total. The van der Waals surface area contributed by atoms with E-state index in [1.165, 1.54) is 19.3 Å². The highest BCUT2D eigenvalue weighted by atomic mass is 16.5. The van der Waals surface area contributed by atoms with Crippen molar-refractivity contribution in [3.05, 3.63) is 0 Å². The van der Waals surface area contributed by atoms with Crippen LogP contribution in [0.4, 0.5) is 0 Å². The lowest BCUT2D eigenvalue weighted by Gasteiger charge is -2.40. The van der Waals surface area contributed by atoms with Crippen molar-refractivity contribution >= 4 is 0 Å². The summed E-state index contributed by atoms with van der Waals surface area (Å²) in [6.45, 7) is 6.04. The van der Waals surface area contributed by atoms with Gasteiger partial charge in [-0.1, -0.05) is 6.42 Å². The number of aliphatic hydroxyl groups is 1. The summed E-state index contributed by atoms with van der Waals surface area (Å²) >= 11 is 0. The number of hydrogen-bond donors (Lipinski definition) is 1. The van der Waals surface area contributed by atoms with E-state index < -0.39 is 0 Å². The smallest absolute Gasteiger partial charge is 0.0615 e. The zero-order valence-electron chi connectivity index (χ0n) is 10.3. The number of aliphatic hydroxyl groups excluding tert-OH is 1. The first-order valence-corrected chi connectivity index (χ1v) is 6.08. The van der Waals surface area contributed by atoms with E-state index in [9.17, 15) is 5.11 Å². The lowest BCUT2D eigenvalue weighted by Crippen LogP contribution is -2.47. The maximum absolute atomic E-state index is 9.48. The summed E-state index contributed by atoms with van der Waals surface area (Å²) in [6.07, 6.45) is 4.51. The van der Waals surface area contributed by atoms with Crippen LogP contribution in [0.25, 0.3) is 0 Å². The number of likely N-dealkylation sites (tertiary alicyclic amines) is 1. The monoisotopic (exact) mass is 215 g/mol. The summed E-state index contributed by atoms with van der Waals surface area (Å²) < 4.78 is 5.21. The molecule has 1 heterocycles. The molecule has 0 radical (unpaired) electrons. The Labute approximate surface area is 93.4 Å². The number of methoxy groups -OCH3 is 1. The highest BCUT2D eigenvalue weighted by Crippen LogP contribution is 2.23. The fourth-order valence-electron chi connectivity index (χ4n) is 2.59. The first-order chi connectivity index (χ1) is 7.15. The van der Waals surface area contributed by atoms with Crippen molar-refractivity contribution in [1.29, 1.82) is 0 Å². The Kier molecular flexibility index (Phi) is 5.58. The van der Waals surface area contributed by atoms with Crippen LogP contribution in [0.15, 0.2) is 0 Å². The maximum Gasteiger partial charge on any atom is 0.0615 e. The Morgan fingerprint density at radius 1 is 1.40 bits per heavy atom. The molecule has 1 rings (SSSR count). The van der Waals surface area contributed by atoms with Crippen molar-refractivity contribution in [3.63, 3.8) is 0 Å². The molecule has 1 fully saturated rings. The van der Waals surface area contributed by atoms with Crippen LogP contribution in [0.3, 0.4) is 0 Å². The van der Waals surface area contributed by atoms with Crippen molar-refractivity contribution in [1.82, 2.24) is 4.90 Å². The normalized spacial score (nSPS) is 27.6. The summed E-state index contributed by atoms with van der Waals surface area (Å²) in [7, 11) is 1.75. The summed E-state index contributed by atoms with van der Waals surface area (Å²) in [6, 6.07) is 1.02. The van der Waals surface area contributed by atoms with Gasteiger partial charge in [-0.15, -0.1) is 0 Å². The topological polar surface area (TPSA) is 32.7 Å². The van der Waals surface area contributed by atoms with Gasteiger partial charge in [0.05, 0.1) is 12.7 Å². The van der Waals surface area contributed by atoms with Crippen molar-refractivity contribution < 1.29 is 9.84 Å². The van der Waals surface area contributed by atoms with E-state index in [0.717, 1.165) is 19.6 Å². The van der Waals surface area contributed by atoms with Gasteiger partial charge in [-0.25, -0.2) is 0 Å². The van der Waals surface area contributed by atoms with Crippen molar-refractivity contribution in [2.24, 2.45) is 0 Å². The van der Waals surface area contributed by atoms with Crippen LogP contribution in [0, 0.1) is 0 Å². The van der Waals surface area contributed by atoms with E-state index in [0.29, 0.717) is 12.1 Å². The van der Waals surface area contributed by atoms with Gasteiger partial charge in [0.15, 0.2) is 0 Å². The second-order valence-corrected chi connectivity index (χ2v) is 4.78. The van der Waals surface area contributed by atoms with Crippen LogP contribution in [-0.2, 0) is 4.74 Å². The predicted molar refractivity (Wildman–Crippen MR) is 62.0 cm³/mol. The molecule has 3 unspecified atom stereocenters. The molecule has 0 aromatic heterocycles. The first-order valence-electron chi connectivity index (χ1n) is 6.08. The molecule has 1 aliphatic rings. The first kappa shape index (κ1) is 12.9. The highest BCUT2D eigenvalue weighted by Gasteiger charge is 2.27. The largest absolute Gasteiger partial charge is 0.393 e. The average molecular weight is 215 g/mol. The molecule has 0 spiro atoms. The van der Waals surface area contributed by atoms with E-state index in [2.05, 4.69) is 11.8 Å². The lowest BCUT2D eigenvalue weighted by molar-refractivity contribution is 0.0272. The second-order valence-electron chi connectivity index (χ2n) is 4.78. The van der Waals surface area contributed by atoms with Crippen LogP contribution in [-0.4, -0.2) is 48.5 Å². The summed E-state index contributed by atoms with van der Waals surface area (Å²) in [4.78, 5) is 2.50. The number of piperidine rings is 1. The molecule has 15 heavy (non-hydrogen) atoms. The van der Waals surface area contributed by atoms with E-state index >= 15 is 0 Å². The third kappa shape index (κ3) is 4.09. The zero-order valence-corrected chi connectivity index (χ0v) is 10.3. The Morgan fingerprint density at radius 2 is 2.13 bits per heavy atom. The van der Waals surface area contributed by atoms with E-state index in [-0.39, 0.29) is 6.10 Å². The molecule has 1 saturated heterocycles. The molecule has 1 aliphatic heterocycles. The number of rotatable bonds is 5. The molecule has 0 aromatic carbocycles. The van der Waals surface area contributed by atoms with Crippen molar-refractivity contribution in [2.45, 2.75) is 57.7 Å². The van der Waals surface area contributed by atoms with Gasteiger partial charge in [-0.3, -0.25) is 4.90 Å². The Morgan fingerprint density at radius 3 is 2.73 bits per heavy atom. The molecule has 0 amide bonds. The SMILES string of the molecule is COCC(C)N1CCCCC1CC(C)O.